The zero-order valence-corrected chi connectivity index (χ0v) is 10.2. The number of nitrogens with one attached hydrogen (secondary N) is 1. The fourth-order valence-electron chi connectivity index (χ4n) is 1.45. The summed E-state index contributed by atoms with van der Waals surface area (Å²) < 4.78 is 5.33. The molecule has 0 saturated carbocycles. The predicted molar refractivity (Wildman–Crippen MR) is 68.2 cm³/mol. The summed E-state index contributed by atoms with van der Waals surface area (Å²) in [6.45, 7) is 2.43. The van der Waals surface area contributed by atoms with Crippen molar-refractivity contribution in [3.8, 4) is 5.75 Å². The van der Waals surface area contributed by atoms with E-state index in [1.165, 1.54) is 0 Å². The van der Waals surface area contributed by atoms with Gasteiger partial charge >= 0.3 is 0 Å². The number of rotatable bonds is 6. The molecule has 0 unspecified atom stereocenters. The monoisotopic (exact) mass is 251 g/mol. The quantitative estimate of drug-likeness (QED) is 0.631. The molecule has 18 heavy (non-hydrogen) atoms. The summed E-state index contributed by atoms with van der Waals surface area (Å²) >= 11 is 0. The molecular formula is C12H17N3O3. The Labute approximate surface area is 105 Å². The lowest BCUT2D eigenvalue weighted by Gasteiger charge is -2.12. The van der Waals surface area contributed by atoms with E-state index in [1.54, 1.807) is 18.2 Å². The summed E-state index contributed by atoms with van der Waals surface area (Å²) in [4.78, 5) is 22.5. The zero-order chi connectivity index (χ0) is 13.5. The maximum absolute atomic E-state index is 11.9. The van der Waals surface area contributed by atoms with Crippen LogP contribution in [-0.4, -0.2) is 25.0 Å². The number of primary amides is 1. The fourth-order valence-corrected chi connectivity index (χ4v) is 1.45. The number of hydrogen-bond acceptors (Lipinski definition) is 4. The average Bonchev–Trinajstić information content (AvgIpc) is 2.28. The molecule has 1 rings (SSSR count). The lowest BCUT2D eigenvalue weighted by Crippen LogP contribution is -2.28. The van der Waals surface area contributed by atoms with E-state index < -0.39 is 5.91 Å². The van der Waals surface area contributed by atoms with Crippen molar-refractivity contribution in [2.24, 2.45) is 5.73 Å². The Morgan fingerprint density at radius 3 is 2.72 bits per heavy atom. The zero-order valence-electron chi connectivity index (χ0n) is 10.2. The molecular weight excluding hydrogens is 234 g/mol. The van der Waals surface area contributed by atoms with Gasteiger partial charge in [-0.2, -0.15) is 0 Å². The molecule has 0 bridgehead atoms. The Hall–Kier alpha value is -2.24. The molecule has 0 atom stereocenters. The van der Waals surface area contributed by atoms with Crippen LogP contribution in [0.3, 0.4) is 0 Å². The fraction of sp³-hybridized carbons (Fsp3) is 0.333. The number of nitrogen functional groups attached to an aromatic ring is 1. The Morgan fingerprint density at radius 1 is 1.39 bits per heavy atom. The molecule has 0 radical (unpaired) electrons. The van der Waals surface area contributed by atoms with Crippen LogP contribution in [0.5, 0.6) is 5.75 Å². The van der Waals surface area contributed by atoms with Gasteiger partial charge in [0.25, 0.3) is 5.91 Å². The SMILES string of the molecule is CCOc1cccc(N)c1C(=O)NCCC(N)=O. The molecule has 1 aromatic rings. The Kier molecular flexibility index (Phi) is 4.98. The van der Waals surface area contributed by atoms with Crippen LogP contribution in [0.1, 0.15) is 23.7 Å². The average molecular weight is 251 g/mol. The first-order chi connectivity index (χ1) is 8.56. The van der Waals surface area contributed by atoms with E-state index in [9.17, 15) is 9.59 Å². The molecule has 98 valence electrons. The van der Waals surface area contributed by atoms with Crippen LogP contribution in [0, 0.1) is 0 Å². The molecule has 6 heteroatoms. The molecule has 0 fully saturated rings. The van der Waals surface area contributed by atoms with E-state index in [0.29, 0.717) is 18.0 Å². The molecule has 0 heterocycles. The highest BCUT2D eigenvalue weighted by Crippen LogP contribution is 2.24. The maximum Gasteiger partial charge on any atom is 0.257 e. The summed E-state index contributed by atoms with van der Waals surface area (Å²) in [5, 5.41) is 2.57. The molecule has 0 aliphatic carbocycles. The highest BCUT2D eigenvalue weighted by Gasteiger charge is 2.15. The van der Waals surface area contributed by atoms with Gasteiger partial charge in [0.05, 0.1) is 6.61 Å². The minimum Gasteiger partial charge on any atom is -0.493 e. The molecule has 0 saturated heterocycles. The molecule has 2 amide bonds. The second kappa shape index (κ2) is 6.48. The Balaban J connectivity index is 2.80. The van der Waals surface area contributed by atoms with Gasteiger partial charge < -0.3 is 21.5 Å². The highest BCUT2D eigenvalue weighted by atomic mass is 16.5. The molecule has 1 aromatic carbocycles. The third kappa shape index (κ3) is 3.65. The summed E-state index contributed by atoms with van der Waals surface area (Å²) in [7, 11) is 0. The van der Waals surface area contributed by atoms with Crippen molar-refractivity contribution in [1.29, 1.82) is 0 Å². The third-order valence-corrected chi connectivity index (χ3v) is 2.24. The molecule has 5 N–H and O–H groups in total. The second-order valence-corrected chi connectivity index (χ2v) is 3.63. The first kappa shape index (κ1) is 13.8. The van der Waals surface area contributed by atoms with Crippen molar-refractivity contribution in [3.63, 3.8) is 0 Å². The number of hydrogen-bond donors (Lipinski definition) is 3. The van der Waals surface area contributed by atoms with Crippen molar-refractivity contribution in [3.05, 3.63) is 23.8 Å². The first-order valence-electron chi connectivity index (χ1n) is 5.64. The minimum absolute atomic E-state index is 0.0858. The van der Waals surface area contributed by atoms with Crippen molar-refractivity contribution in [1.82, 2.24) is 5.32 Å². The van der Waals surface area contributed by atoms with Crippen LogP contribution < -0.4 is 21.5 Å². The van der Waals surface area contributed by atoms with Crippen LogP contribution in [0.25, 0.3) is 0 Å². The topological polar surface area (TPSA) is 107 Å². The number of carbonyl (C=O) groups is 2. The molecule has 0 spiro atoms. The number of amides is 2. The van der Waals surface area contributed by atoms with E-state index in [4.69, 9.17) is 16.2 Å². The van der Waals surface area contributed by atoms with Crippen LogP contribution >= 0.6 is 0 Å². The largest absolute Gasteiger partial charge is 0.493 e. The van der Waals surface area contributed by atoms with Gasteiger partial charge in [-0.05, 0) is 19.1 Å². The predicted octanol–water partition coefficient (Wildman–Crippen LogP) is 0.273. The van der Waals surface area contributed by atoms with Gasteiger partial charge in [-0.15, -0.1) is 0 Å². The lowest BCUT2D eigenvalue weighted by atomic mass is 10.1. The summed E-state index contributed by atoms with van der Waals surface area (Å²) in [5.74, 6) is -0.423. The van der Waals surface area contributed by atoms with Gasteiger partial charge in [-0.3, -0.25) is 9.59 Å². The summed E-state index contributed by atoms with van der Waals surface area (Å²) in [6.07, 6.45) is 0.0858. The van der Waals surface area contributed by atoms with Crippen LogP contribution in [-0.2, 0) is 4.79 Å². The molecule has 6 nitrogen and oxygen atoms in total. The van der Waals surface area contributed by atoms with Crippen molar-refractivity contribution in [2.45, 2.75) is 13.3 Å². The summed E-state index contributed by atoms with van der Waals surface area (Å²) in [6, 6.07) is 4.99. The second-order valence-electron chi connectivity index (χ2n) is 3.63. The van der Waals surface area contributed by atoms with E-state index in [-0.39, 0.29) is 24.4 Å². The first-order valence-corrected chi connectivity index (χ1v) is 5.64. The van der Waals surface area contributed by atoms with E-state index >= 15 is 0 Å². The minimum atomic E-state index is -0.471. The van der Waals surface area contributed by atoms with E-state index in [1.807, 2.05) is 6.92 Å². The highest BCUT2D eigenvalue weighted by molar-refractivity contribution is 6.02. The van der Waals surface area contributed by atoms with E-state index in [2.05, 4.69) is 5.32 Å². The van der Waals surface area contributed by atoms with Gasteiger partial charge in [-0.1, -0.05) is 6.07 Å². The number of ether oxygens (including phenoxy) is 1. The maximum atomic E-state index is 11.9. The lowest BCUT2D eigenvalue weighted by molar-refractivity contribution is -0.117. The van der Waals surface area contributed by atoms with Crippen LogP contribution in [0.2, 0.25) is 0 Å². The number of carbonyl (C=O) groups excluding carboxylic acids is 2. The number of benzene rings is 1. The molecule has 0 aromatic heterocycles. The van der Waals surface area contributed by atoms with Gasteiger partial charge in [0.15, 0.2) is 0 Å². The Morgan fingerprint density at radius 2 is 2.11 bits per heavy atom. The van der Waals surface area contributed by atoms with Gasteiger partial charge in [0, 0.05) is 18.7 Å². The summed E-state index contributed by atoms with van der Waals surface area (Å²) in [5.41, 5.74) is 11.3. The van der Waals surface area contributed by atoms with Crippen molar-refractivity contribution < 1.29 is 14.3 Å². The van der Waals surface area contributed by atoms with Gasteiger partial charge in [0.2, 0.25) is 5.91 Å². The van der Waals surface area contributed by atoms with E-state index in [0.717, 1.165) is 0 Å². The van der Waals surface area contributed by atoms with Crippen LogP contribution in [0.4, 0.5) is 5.69 Å². The third-order valence-electron chi connectivity index (χ3n) is 2.24. The normalized spacial score (nSPS) is 9.83. The van der Waals surface area contributed by atoms with Gasteiger partial charge in [-0.25, -0.2) is 0 Å². The van der Waals surface area contributed by atoms with Crippen LogP contribution in [0.15, 0.2) is 18.2 Å². The molecule has 0 aliphatic heterocycles. The molecule has 0 aliphatic rings. The van der Waals surface area contributed by atoms with Crippen molar-refractivity contribution in [2.75, 3.05) is 18.9 Å². The number of anilines is 1. The van der Waals surface area contributed by atoms with Crippen molar-refractivity contribution >= 4 is 17.5 Å². The standard InChI is InChI=1S/C12H17N3O3/c1-2-18-9-5-3-4-8(13)11(9)12(17)15-7-6-10(14)16/h3-5H,2,6-7,13H2,1H3,(H2,14,16)(H,15,17). The Bertz CT molecular complexity index is 446. The van der Waals surface area contributed by atoms with Gasteiger partial charge in [0.1, 0.15) is 11.3 Å². The smallest absolute Gasteiger partial charge is 0.257 e. The number of nitrogens with two attached hydrogens (primary N) is 2.